The molecule has 66 valence electrons. The standard InChI is InChI=1S/C6H6.C2F4/c1-2-4-6-5-3-1;3-1(4)2(5)6/h1-6H;. The predicted octanol–water partition coefficient (Wildman–Crippen LogP) is 3.68. The van der Waals surface area contributed by atoms with Crippen LogP contribution in [-0.4, -0.2) is 0 Å². The highest BCUT2D eigenvalue weighted by Crippen LogP contribution is 2.08. The molecule has 1 aromatic carbocycles. The van der Waals surface area contributed by atoms with Gasteiger partial charge in [-0.2, -0.15) is 17.6 Å². The minimum absolute atomic E-state index is 2.00. The van der Waals surface area contributed by atoms with E-state index in [-0.39, 0.29) is 0 Å². The summed E-state index contributed by atoms with van der Waals surface area (Å²) in [4.78, 5) is 0. The average molecular weight is 178 g/mol. The Balaban J connectivity index is 0.000000202. The van der Waals surface area contributed by atoms with Gasteiger partial charge < -0.3 is 0 Å². The van der Waals surface area contributed by atoms with Crippen LogP contribution in [0.1, 0.15) is 0 Å². The largest absolute Gasteiger partial charge is 0.334 e. The molecule has 0 spiro atoms. The average Bonchev–Trinajstić information content (AvgIpc) is 2.08. The van der Waals surface area contributed by atoms with Crippen molar-refractivity contribution in [3.05, 3.63) is 48.6 Å². The molecule has 0 unspecified atom stereocenters. The smallest absolute Gasteiger partial charge is 0.167 e. The van der Waals surface area contributed by atoms with Crippen molar-refractivity contribution < 1.29 is 17.6 Å². The lowest BCUT2D eigenvalue weighted by Crippen LogP contribution is -1.56. The monoisotopic (exact) mass is 178 g/mol. The third kappa shape index (κ3) is 6.80. The Morgan fingerprint density at radius 3 is 0.750 bits per heavy atom. The van der Waals surface area contributed by atoms with Gasteiger partial charge >= 0.3 is 12.2 Å². The maximum absolute atomic E-state index is 10.3. The number of rotatable bonds is 0. The van der Waals surface area contributed by atoms with E-state index in [1.54, 1.807) is 0 Å². The first-order valence-electron chi connectivity index (χ1n) is 3.01. The van der Waals surface area contributed by atoms with Gasteiger partial charge in [-0.25, -0.2) is 0 Å². The lowest BCUT2D eigenvalue weighted by atomic mass is 10.4. The maximum Gasteiger partial charge on any atom is 0.334 e. The summed E-state index contributed by atoms with van der Waals surface area (Å²) in [6.07, 6.45) is -5.81. The molecule has 4 heteroatoms. The molecule has 0 aliphatic rings. The van der Waals surface area contributed by atoms with Crippen molar-refractivity contribution >= 4 is 0 Å². The van der Waals surface area contributed by atoms with Crippen LogP contribution in [0.4, 0.5) is 17.6 Å². The maximum atomic E-state index is 10.3. The van der Waals surface area contributed by atoms with Crippen molar-refractivity contribution in [3.63, 3.8) is 0 Å². The highest BCUT2D eigenvalue weighted by atomic mass is 19.3. The Kier molecular flexibility index (Phi) is 5.69. The minimum Gasteiger partial charge on any atom is -0.167 e. The van der Waals surface area contributed by atoms with Gasteiger partial charge in [-0.15, -0.1) is 0 Å². The van der Waals surface area contributed by atoms with Crippen LogP contribution in [0.3, 0.4) is 0 Å². The molecular formula is C8H6F4. The van der Waals surface area contributed by atoms with Gasteiger partial charge in [0.2, 0.25) is 0 Å². The minimum atomic E-state index is -2.91. The fraction of sp³-hybridized carbons (Fsp3) is 0. The molecule has 0 saturated heterocycles. The molecule has 0 aliphatic carbocycles. The second kappa shape index (κ2) is 6.39. The summed E-state index contributed by atoms with van der Waals surface area (Å²) in [7, 11) is 0. The van der Waals surface area contributed by atoms with E-state index in [1.807, 2.05) is 36.4 Å². The fourth-order valence-corrected chi connectivity index (χ4v) is 0.385. The van der Waals surface area contributed by atoms with Gasteiger partial charge in [0.25, 0.3) is 0 Å². The van der Waals surface area contributed by atoms with Crippen LogP contribution in [-0.2, 0) is 0 Å². The van der Waals surface area contributed by atoms with Crippen LogP contribution in [0.5, 0.6) is 0 Å². The summed E-state index contributed by atoms with van der Waals surface area (Å²) in [5, 5.41) is 0. The zero-order chi connectivity index (χ0) is 9.40. The van der Waals surface area contributed by atoms with Gasteiger partial charge in [-0.05, 0) is 0 Å². The van der Waals surface area contributed by atoms with E-state index in [9.17, 15) is 17.6 Å². The molecule has 0 radical (unpaired) electrons. The summed E-state index contributed by atoms with van der Waals surface area (Å²) in [5.41, 5.74) is 0. The Morgan fingerprint density at radius 2 is 0.667 bits per heavy atom. The van der Waals surface area contributed by atoms with Crippen LogP contribution < -0.4 is 0 Å². The molecule has 0 aliphatic heterocycles. The first kappa shape index (κ1) is 10.7. The quantitative estimate of drug-likeness (QED) is 0.531. The van der Waals surface area contributed by atoms with E-state index in [2.05, 4.69) is 0 Å². The summed E-state index contributed by atoms with van der Waals surface area (Å²) < 4.78 is 41.1. The molecule has 0 heterocycles. The number of hydrogen-bond acceptors (Lipinski definition) is 0. The summed E-state index contributed by atoms with van der Waals surface area (Å²) >= 11 is 0. The van der Waals surface area contributed by atoms with Crippen LogP contribution in [0.25, 0.3) is 0 Å². The van der Waals surface area contributed by atoms with Crippen molar-refractivity contribution in [3.8, 4) is 0 Å². The van der Waals surface area contributed by atoms with Gasteiger partial charge in [0.05, 0.1) is 0 Å². The van der Waals surface area contributed by atoms with Gasteiger partial charge in [0, 0.05) is 0 Å². The topological polar surface area (TPSA) is 0 Å². The second-order valence-corrected chi connectivity index (χ2v) is 1.68. The highest BCUT2D eigenvalue weighted by Gasteiger charge is 1.98. The molecule has 0 saturated carbocycles. The van der Waals surface area contributed by atoms with Crippen molar-refractivity contribution in [2.75, 3.05) is 0 Å². The molecule has 0 nitrogen and oxygen atoms in total. The predicted molar refractivity (Wildman–Crippen MR) is 37.9 cm³/mol. The Morgan fingerprint density at radius 1 is 0.500 bits per heavy atom. The number of halogens is 4. The lowest BCUT2D eigenvalue weighted by Gasteiger charge is -1.69. The second-order valence-electron chi connectivity index (χ2n) is 1.68. The SMILES string of the molecule is FC(F)=C(F)F.c1ccccc1. The van der Waals surface area contributed by atoms with Gasteiger partial charge in [0.1, 0.15) is 0 Å². The normalized spacial score (nSPS) is 8.00. The molecule has 12 heavy (non-hydrogen) atoms. The van der Waals surface area contributed by atoms with Crippen molar-refractivity contribution in [1.82, 2.24) is 0 Å². The molecule has 1 rings (SSSR count). The zero-order valence-corrected chi connectivity index (χ0v) is 5.98. The summed E-state index contributed by atoms with van der Waals surface area (Å²) in [6.45, 7) is 0. The highest BCUT2D eigenvalue weighted by molar-refractivity contribution is 4.99. The molecule has 0 bridgehead atoms. The molecule has 0 atom stereocenters. The first-order chi connectivity index (χ1) is 5.64. The number of benzene rings is 1. The third-order valence-electron chi connectivity index (χ3n) is 0.810. The Bertz CT molecular complexity index is 185. The van der Waals surface area contributed by atoms with E-state index in [4.69, 9.17) is 0 Å². The van der Waals surface area contributed by atoms with Crippen molar-refractivity contribution in [2.45, 2.75) is 0 Å². The van der Waals surface area contributed by atoms with Gasteiger partial charge in [-0.1, -0.05) is 36.4 Å². The van der Waals surface area contributed by atoms with E-state index >= 15 is 0 Å². The zero-order valence-electron chi connectivity index (χ0n) is 5.98. The molecule has 1 aromatic rings. The first-order valence-corrected chi connectivity index (χ1v) is 3.01. The summed E-state index contributed by atoms with van der Waals surface area (Å²) in [5.74, 6) is 0. The van der Waals surface area contributed by atoms with Crippen molar-refractivity contribution in [1.29, 1.82) is 0 Å². The molecule has 0 aromatic heterocycles. The Labute approximate surface area is 67.1 Å². The van der Waals surface area contributed by atoms with Crippen molar-refractivity contribution in [2.24, 2.45) is 0 Å². The number of hydrogen-bond donors (Lipinski definition) is 0. The van der Waals surface area contributed by atoms with Crippen LogP contribution in [0.2, 0.25) is 0 Å². The van der Waals surface area contributed by atoms with E-state index < -0.39 is 12.2 Å². The van der Waals surface area contributed by atoms with Gasteiger partial charge in [0.15, 0.2) is 0 Å². The molecule has 0 N–H and O–H groups in total. The van der Waals surface area contributed by atoms with Gasteiger partial charge in [-0.3, -0.25) is 0 Å². The molecular weight excluding hydrogens is 172 g/mol. The van der Waals surface area contributed by atoms with E-state index in [0.717, 1.165) is 0 Å². The van der Waals surface area contributed by atoms with Crippen LogP contribution in [0, 0.1) is 0 Å². The van der Waals surface area contributed by atoms with Crippen LogP contribution >= 0.6 is 0 Å². The third-order valence-corrected chi connectivity index (χ3v) is 0.810. The lowest BCUT2D eigenvalue weighted by molar-refractivity contribution is 0.308. The summed E-state index contributed by atoms with van der Waals surface area (Å²) in [6, 6.07) is 12.0. The fourth-order valence-electron chi connectivity index (χ4n) is 0.385. The molecule has 0 fully saturated rings. The Hall–Kier alpha value is -1.32. The van der Waals surface area contributed by atoms with E-state index in [0.29, 0.717) is 0 Å². The van der Waals surface area contributed by atoms with Crippen LogP contribution in [0.15, 0.2) is 48.6 Å². The van der Waals surface area contributed by atoms with E-state index in [1.165, 1.54) is 0 Å². The molecule has 0 amide bonds.